The molecule has 1 aliphatic carbocycles. The number of aliphatic hydroxyl groups excluding tert-OH is 2. The Morgan fingerprint density at radius 2 is 1.55 bits per heavy atom. The average Bonchev–Trinajstić information content (AvgIpc) is 3.27. The molecule has 2 bridgehead atoms. The summed E-state index contributed by atoms with van der Waals surface area (Å²) in [5.74, 6) is -6.09. The molecule has 15 atom stereocenters. The van der Waals surface area contributed by atoms with E-state index in [1.165, 1.54) is 12.0 Å². The number of fused-ring (bicyclic) bond motifs is 3. The second-order valence-electron chi connectivity index (χ2n) is 19.7. The number of hydrogen-bond acceptors (Lipinski definition) is 12. The fourth-order valence-corrected chi connectivity index (χ4v) is 10.3. The standard InChI is InChI=1S/C51H81NO12/c1-31-16-12-11-13-17-33(3)43(60-8)30-39-22-20-37(7)51(59,64-39)48(56)49(57)52-25-15-14-18-40(52)50(58)63-42(34(4)28-38-21-23-41(53)44(29-38)61-9)24-19-32(2)27-36(6)46(55)47(62-10)45(54)35(5)26-31/h11-13,16-17,27,31-32,34-35,37-44,46-47,53,55,59H,14-15,18-26,28-30H2,1-10H3/b13-11?,16-12-,33-17?,36-27-/t31-,32+,34-,35-,37-,38+,39+,40+,41-,42+,43+,44-,46-,47+,51-/m1/s1. The molecule has 0 aromatic heterocycles. The van der Waals surface area contributed by atoms with E-state index in [1.54, 1.807) is 28.1 Å². The minimum absolute atomic E-state index is 0.0678. The molecule has 3 aliphatic heterocycles. The molecule has 4 aliphatic rings. The van der Waals surface area contributed by atoms with Gasteiger partial charge in [-0.05, 0) is 126 Å². The molecule has 64 heavy (non-hydrogen) atoms. The first-order chi connectivity index (χ1) is 30.3. The fraction of sp³-hybridized carbons (Fsp3) is 0.765. The number of Topliss-reactive ketones (excluding diaryl/α,β-unsaturated/α-hetero) is 2. The van der Waals surface area contributed by atoms with Crippen molar-refractivity contribution in [1.29, 1.82) is 0 Å². The maximum Gasteiger partial charge on any atom is 0.329 e. The van der Waals surface area contributed by atoms with Crippen LogP contribution in [0.15, 0.2) is 47.6 Å². The number of ketones is 2. The predicted octanol–water partition coefficient (Wildman–Crippen LogP) is 7.00. The number of cyclic esters (lactones) is 1. The Morgan fingerprint density at radius 3 is 2.23 bits per heavy atom. The molecular weight excluding hydrogens is 819 g/mol. The number of carbonyl (C=O) groups is 4. The molecule has 0 unspecified atom stereocenters. The number of allylic oxidation sites excluding steroid dienone is 6. The third-order valence-corrected chi connectivity index (χ3v) is 14.5. The van der Waals surface area contributed by atoms with Crippen LogP contribution in [-0.2, 0) is 42.9 Å². The lowest BCUT2D eigenvalue weighted by molar-refractivity contribution is -0.265. The zero-order valence-corrected chi connectivity index (χ0v) is 40.4. The topological polar surface area (TPSA) is 178 Å². The summed E-state index contributed by atoms with van der Waals surface area (Å²) in [5.41, 5.74) is 1.51. The van der Waals surface area contributed by atoms with E-state index in [9.17, 15) is 34.5 Å². The molecule has 362 valence electrons. The number of rotatable bonds is 6. The van der Waals surface area contributed by atoms with Gasteiger partial charge in [-0.2, -0.15) is 0 Å². The number of piperidine rings is 1. The molecule has 3 heterocycles. The Labute approximate surface area is 383 Å². The molecule has 0 aromatic rings. The van der Waals surface area contributed by atoms with Crippen LogP contribution in [0.5, 0.6) is 0 Å². The Balaban J connectivity index is 1.67. The largest absolute Gasteiger partial charge is 0.461 e. The van der Waals surface area contributed by atoms with Gasteiger partial charge in [-0.25, -0.2) is 4.79 Å². The van der Waals surface area contributed by atoms with E-state index >= 15 is 0 Å². The maximum absolute atomic E-state index is 14.4. The van der Waals surface area contributed by atoms with Gasteiger partial charge in [-0.1, -0.05) is 71.1 Å². The SMILES string of the molecule is CO[C@H]1C[C@@H]2CC[C@@H](C)[C@@](O)(O2)C(=O)C(=O)N2CCCC[C@H]2C(=O)O[C@H]([C@H](C)C[C@@H]2CC[C@@H](O)[C@H](OC)C2)CC[C@H](C)/C=C(/C)[C@@H](O)[C@@H](OC)C(=O)[C@H](C)C[C@H](C)/C=C\C=CC=C1C. The van der Waals surface area contributed by atoms with Gasteiger partial charge >= 0.3 is 5.97 Å². The molecule has 0 spiro atoms. The molecule has 3 fully saturated rings. The van der Waals surface area contributed by atoms with Crippen molar-refractivity contribution < 1.29 is 58.2 Å². The molecule has 0 aromatic carbocycles. The normalized spacial score (nSPS) is 39.5. The van der Waals surface area contributed by atoms with Crippen LogP contribution in [-0.4, -0.2) is 126 Å². The lowest BCUT2D eigenvalue weighted by atomic mass is 9.78. The van der Waals surface area contributed by atoms with E-state index < -0.39 is 72.0 Å². The third kappa shape index (κ3) is 14.2. The van der Waals surface area contributed by atoms with E-state index in [4.69, 9.17) is 23.7 Å². The Kier molecular flexibility index (Phi) is 21.1. The van der Waals surface area contributed by atoms with Crippen LogP contribution in [0.1, 0.15) is 132 Å². The average molecular weight is 900 g/mol. The number of amides is 1. The summed E-state index contributed by atoms with van der Waals surface area (Å²) in [7, 11) is 4.65. The first-order valence-corrected chi connectivity index (χ1v) is 24.0. The van der Waals surface area contributed by atoms with Gasteiger partial charge in [0.25, 0.3) is 11.7 Å². The number of methoxy groups -OCH3 is 3. The lowest BCUT2D eigenvalue weighted by Crippen LogP contribution is -2.61. The van der Waals surface area contributed by atoms with Crippen molar-refractivity contribution in [3.63, 3.8) is 0 Å². The maximum atomic E-state index is 14.4. The zero-order valence-electron chi connectivity index (χ0n) is 40.4. The van der Waals surface area contributed by atoms with Gasteiger partial charge in [0.1, 0.15) is 24.4 Å². The number of aliphatic hydroxyl groups is 3. The van der Waals surface area contributed by atoms with Gasteiger partial charge in [0.05, 0.1) is 24.4 Å². The Hall–Kier alpha value is -3.04. The smallest absolute Gasteiger partial charge is 0.329 e. The first-order valence-electron chi connectivity index (χ1n) is 24.0. The highest BCUT2D eigenvalue weighted by Crippen LogP contribution is 2.38. The van der Waals surface area contributed by atoms with Crippen molar-refractivity contribution >= 4 is 23.4 Å². The van der Waals surface area contributed by atoms with Gasteiger partial charge in [-0.15, -0.1) is 0 Å². The number of nitrogens with zero attached hydrogens (tertiary/aromatic N) is 1. The van der Waals surface area contributed by atoms with Crippen molar-refractivity contribution in [3.8, 4) is 0 Å². The van der Waals surface area contributed by atoms with Crippen LogP contribution in [0, 0.1) is 35.5 Å². The van der Waals surface area contributed by atoms with Crippen LogP contribution in [0.3, 0.4) is 0 Å². The molecule has 13 nitrogen and oxygen atoms in total. The summed E-state index contributed by atoms with van der Waals surface area (Å²) in [4.78, 5) is 57.8. The Bertz CT molecular complexity index is 1670. The van der Waals surface area contributed by atoms with Crippen molar-refractivity contribution in [2.75, 3.05) is 27.9 Å². The minimum Gasteiger partial charge on any atom is -0.461 e. The molecule has 13 heteroatoms. The molecule has 4 rings (SSSR count). The number of ether oxygens (including phenoxy) is 5. The minimum atomic E-state index is -2.38. The van der Waals surface area contributed by atoms with Crippen molar-refractivity contribution in [2.45, 2.75) is 186 Å². The lowest BCUT2D eigenvalue weighted by Gasteiger charge is -2.42. The highest BCUT2D eigenvalue weighted by molar-refractivity contribution is 6.39. The monoisotopic (exact) mass is 900 g/mol. The quantitative estimate of drug-likeness (QED) is 0.142. The van der Waals surface area contributed by atoms with Gasteiger partial charge in [0, 0.05) is 46.1 Å². The first kappa shape index (κ1) is 53.6. The molecule has 2 saturated heterocycles. The molecule has 1 saturated carbocycles. The summed E-state index contributed by atoms with van der Waals surface area (Å²) in [5, 5.41) is 33.9. The van der Waals surface area contributed by atoms with Gasteiger partial charge in [0.15, 0.2) is 5.78 Å². The van der Waals surface area contributed by atoms with Crippen molar-refractivity contribution in [1.82, 2.24) is 4.90 Å². The summed E-state index contributed by atoms with van der Waals surface area (Å²) in [6.07, 6.45) is 14.5. The molecule has 0 radical (unpaired) electrons. The predicted molar refractivity (Wildman–Crippen MR) is 245 cm³/mol. The number of carbonyl (C=O) groups excluding carboxylic acids is 4. The summed E-state index contributed by atoms with van der Waals surface area (Å²) in [6.45, 7) is 13.6. The van der Waals surface area contributed by atoms with Crippen LogP contribution in [0.4, 0.5) is 0 Å². The van der Waals surface area contributed by atoms with Gasteiger partial charge in [0.2, 0.25) is 5.79 Å². The van der Waals surface area contributed by atoms with E-state index in [1.807, 2.05) is 64.2 Å². The second kappa shape index (κ2) is 25.2. The summed E-state index contributed by atoms with van der Waals surface area (Å²) in [6, 6.07) is -1.02. The van der Waals surface area contributed by atoms with Crippen molar-refractivity contribution in [2.24, 2.45) is 35.5 Å². The fourth-order valence-electron chi connectivity index (χ4n) is 10.3. The van der Waals surface area contributed by atoms with E-state index in [0.29, 0.717) is 76.2 Å². The highest BCUT2D eigenvalue weighted by Gasteiger charge is 2.53. The van der Waals surface area contributed by atoms with E-state index in [2.05, 4.69) is 6.92 Å². The highest BCUT2D eigenvalue weighted by atomic mass is 16.6. The van der Waals surface area contributed by atoms with E-state index in [0.717, 1.165) is 18.4 Å². The van der Waals surface area contributed by atoms with Gasteiger partial charge in [-0.3, -0.25) is 14.4 Å². The summed E-state index contributed by atoms with van der Waals surface area (Å²) >= 11 is 0. The van der Waals surface area contributed by atoms with E-state index in [-0.39, 0.29) is 48.0 Å². The zero-order chi connectivity index (χ0) is 47.3. The third-order valence-electron chi connectivity index (χ3n) is 14.5. The van der Waals surface area contributed by atoms with Crippen LogP contribution in [0.2, 0.25) is 0 Å². The van der Waals surface area contributed by atoms with Gasteiger partial charge < -0.3 is 43.9 Å². The molecule has 3 N–H and O–H groups in total. The Morgan fingerprint density at radius 1 is 0.812 bits per heavy atom. The van der Waals surface area contributed by atoms with Crippen LogP contribution >= 0.6 is 0 Å². The van der Waals surface area contributed by atoms with Crippen LogP contribution < -0.4 is 0 Å². The molecule has 1 amide bonds. The van der Waals surface area contributed by atoms with Crippen molar-refractivity contribution in [3.05, 3.63) is 47.6 Å². The van der Waals surface area contributed by atoms with Crippen LogP contribution in [0.25, 0.3) is 0 Å². The second-order valence-corrected chi connectivity index (χ2v) is 19.7. The number of hydrogen-bond donors (Lipinski definition) is 3. The summed E-state index contributed by atoms with van der Waals surface area (Å²) < 4.78 is 29.6. The number of esters is 1. The molecular formula is C51H81NO12.